The van der Waals surface area contributed by atoms with Crippen molar-refractivity contribution in [3.8, 4) is 17.2 Å². The first-order valence-electron chi connectivity index (χ1n) is 9.01. The molecule has 0 saturated carbocycles. The minimum Gasteiger partial charge on any atom is -0.454 e. The molecule has 3 aromatic rings. The lowest BCUT2D eigenvalue weighted by molar-refractivity contribution is 0.174. The number of benzene rings is 2. The van der Waals surface area contributed by atoms with Crippen LogP contribution in [0.15, 0.2) is 55.1 Å². The van der Waals surface area contributed by atoms with E-state index in [1.165, 1.54) is 6.33 Å². The Morgan fingerprint density at radius 2 is 1.68 bits per heavy atom. The molecule has 144 valence electrons. The maximum atomic E-state index is 12.4. The number of ether oxygens (including phenoxy) is 2. The zero-order valence-corrected chi connectivity index (χ0v) is 15.6. The van der Waals surface area contributed by atoms with Gasteiger partial charge in [-0.05, 0) is 49.2 Å². The lowest BCUT2D eigenvalue weighted by Crippen LogP contribution is -2.38. The zero-order chi connectivity index (χ0) is 19.5. The Morgan fingerprint density at radius 3 is 2.39 bits per heavy atom. The molecule has 2 aromatic carbocycles. The Hall–Kier alpha value is -3.55. The third kappa shape index (κ3) is 3.75. The van der Waals surface area contributed by atoms with E-state index in [1.807, 2.05) is 56.3 Å². The fourth-order valence-corrected chi connectivity index (χ4v) is 3.04. The molecule has 1 aliphatic rings. The Kier molecular flexibility index (Phi) is 4.84. The molecule has 0 radical (unpaired) electrons. The summed E-state index contributed by atoms with van der Waals surface area (Å²) in [4.78, 5) is 16.3. The molecular weight excluding hydrogens is 358 g/mol. The van der Waals surface area contributed by atoms with E-state index in [2.05, 4.69) is 20.7 Å². The van der Waals surface area contributed by atoms with Gasteiger partial charge in [0.25, 0.3) is 0 Å². The molecule has 0 spiro atoms. The van der Waals surface area contributed by atoms with E-state index >= 15 is 0 Å². The highest BCUT2D eigenvalue weighted by atomic mass is 16.7. The molecule has 2 heterocycles. The summed E-state index contributed by atoms with van der Waals surface area (Å²) in [5.74, 6) is 1.43. The van der Waals surface area contributed by atoms with Gasteiger partial charge in [0.05, 0.1) is 17.8 Å². The Labute approximate surface area is 162 Å². The minimum absolute atomic E-state index is 0.145. The summed E-state index contributed by atoms with van der Waals surface area (Å²) in [6, 6.07) is 12.9. The Balaban J connectivity index is 1.35. The average Bonchev–Trinajstić information content (AvgIpc) is 3.39. The molecule has 0 bridgehead atoms. The van der Waals surface area contributed by atoms with Crippen LogP contribution in [0.4, 0.5) is 4.79 Å². The second-order valence-electron chi connectivity index (χ2n) is 6.61. The topological polar surface area (TPSA) is 90.3 Å². The first-order chi connectivity index (χ1) is 13.6. The van der Waals surface area contributed by atoms with Gasteiger partial charge in [0.1, 0.15) is 12.7 Å². The second kappa shape index (κ2) is 7.59. The van der Waals surface area contributed by atoms with Crippen molar-refractivity contribution in [3.05, 3.63) is 66.2 Å². The fraction of sp³-hybridized carbons (Fsp3) is 0.250. The first-order valence-corrected chi connectivity index (χ1v) is 9.01. The van der Waals surface area contributed by atoms with Crippen molar-refractivity contribution in [1.29, 1.82) is 0 Å². The number of amides is 2. The smallest absolute Gasteiger partial charge is 0.315 e. The fourth-order valence-electron chi connectivity index (χ4n) is 3.04. The largest absolute Gasteiger partial charge is 0.454 e. The lowest BCUT2D eigenvalue weighted by atomic mass is 10.1. The van der Waals surface area contributed by atoms with Crippen LogP contribution in [0.1, 0.15) is 37.1 Å². The maximum absolute atomic E-state index is 12.4. The van der Waals surface area contributed by atoms with Crippen molar-refractivity contribution < 1.29 is 14.3 Å². The third-order valence-electron chi connectivity index (χ3n) is 4.67. The standard InChI is InChI=1S/C20H21N5O3/c1-13(15-3-6-17(7-4-15)25-11-21-10-22-25)23-20(26)24-14(2)16-5-8-18-19(9-16)28-12-27-18/h3-11,13-14H,12H2,1-2H3,(H2,23,24,26). The van der Waals surface area contributed by atoms with Gasteiger partial charge < -0.3 is 20.1 Å². The van der Waals surface area contributed by atoms with Crippen molar-refractivity contribution in [3.63, 3.8) is 0 Å². The highest BCUT2D eigenvalue weighted by Gasteiger charge is 2.17. The molecule has 0 saturated heterocycles. The van der Waals surface area contributed by atoms with Crippen LogP contribution in [-0.2, 0) is 0 Å². The highest BCUT2D eigenvalue weighted by molar-refractivity contribution is 5.75. The van der Waals surface area contributed by atoms with Crippen LogP contribution in [0, 0.1) is 0 Å². The van der Waals surface area contributed by atoms with Crippen LogP contribution < -0.4 is 20.1 Å². The minimum atomic E-state index is -0.238. The zero-order valence-electron chi connectivity index (χ0n) is 15.6. The molecular formula is C20H21N5O3. The summed E-state index contributed by atoms with van der Waals surface area (Å²) in [5, 5.41) is 10.0. The summed E-state index contributed by atoms with van der Waals surface area (Å²) in [5.41, 5.74) is 2.85. The van der Waals surface area contributed by atoms with Gasteiger partial charge in [-0.3, -0.25) is 0 Å². The first kappa shape index (κ1) is 17.8. The van der Waals surface area contributed by atoms with Crippen LogP contribution in [0.3, 0.4) is 0 Å². The summed E-state index contributed by atoms with van der Waals surface area (Å²) in [6.45, 7) is 4.10. The summed E-state index contributed by atoms with van der Waals surface area (Å²) in [7, 11) is 0. The number of hydrogen-bond donors (Lipinski definition) is 2. The van der Waals surface area contributed by atoms with Gasteiger partial charge in [0.2, 0.25) is 6.79 Å². The van der Waals surface area contributed by atoms with Crippen LogP contribution in [0.25, 0.3) is 5.69 Å². The molecule has 1 aliphatic heterocycles. The lowest BCUT2D eigenvalue weighted by Gasteiger charge is -2.19. The summed E-state index contributed by atoms with van der Waals surface area (Å²) in [6.07, 6.45) is 3.13. The van der Waals surface area contributed by atoms with Crippen molar-refractivity contribution in [1.82, 2.24) is 25.4 Å². The number of carbonyl (C=O) groups is 1. The van der Waals surface area contributed by atoms with Crippen molar-refractivity contribution >= 4 is 6.03 Å². The van der Waals surface area contributed by atoms with Gasteiger partial charge in [-0.2, -0.15) is 5.10 Å². The van der Waals surface area contributed by atoms with Gasteiger partial charge in [-0.25, -0.2) is 14.5 Å². The number of carbonyl (C=O) groups excluding carboxylic acids is 1. The van der Waals surface area contributed by atoms with E-state index < -0.39 is 0 Å². The molecule has 1 aromatic heterocycles. The molecule has 4 rings (SSSR count). The van der Waals surface area contributed by atoms with Gasteiger partial charge in [-0.15, -0.1) is 0 Å². The third-order valence-corrected chi connectivity index (χ3v) is 4.67. The summed E-state index contributed by atoms with van der Waals surface area (Å²) < 4.78 is 12.4. The van der Waals surface area contributed by atoms with Crippen LogP contribution in [-0.4, -0.2) is 27.6 Å². The number of urea groups is 1. The monoisotopic (exact) mass is 379 g/mol. The van der Waals surface area contributed by atoms with Crippen LogP contribution in [0.2, 0.25) is 0 Å². The summed E-state index contributed by atoms with van der Waals surface area (Å²) >= 11 is 0. The van der Waals surface area contributed by atoms with Gasteiger partial charge >= 0.3 is 6.03 Å². The normalized spacial score (nSPS) is 14.4. The van der Waals surface area contributed by atoms with E-state index in [0.717, 1.165) is 22.6 Å². The number of aromatic nitrogens is 3. The molecule has 8 heteroatoms. The molecule has 2 unspecified atom stereocenters. The molecule has 28 heavy (non-hydrogen) atoms. The predicted molar refractivity (Wildman–Crippen MR) is 102 cm³/mol. The number of nitrogens with zero attached hydrogens (tertiary/aromatic N) is 3. The number of hydrogen-bond acceptors (Lipinski definition) is 5. The van der Waals surface area contributed by atoms with E-state index in [4.69, 9.17) is 9.47 Å². The van der Waals surface area contributed by atoms with Gasteiger partial charge in [0, 0.05) is 0 Å². The van der Waals surface area contributed by atoms with E-state index in [-0.39, 0.29) is 24.9 Å². The van der Waals surface area contributed by atoms with Gasteiger partial charge in [-0.1, -0.05) is 18.2 Å². The maximum Gasteiger partial charge on any atom is 0.315 e. The quantitative estimate of drug-likeness (QED) is 0.711. The molecule has 0 aliphatic carbocycles. The van der Waals surface area contributed by atoms with E-state index in [1.54, 1.807) is 11.0 Å². The highest BCUT2D eigenvalue weighted by Crippen LogP contribution is 2.34. The molecule has 8 nitrogen and oxygen atoms in total. The Bertz CT molecular complexity index is 956. The molecule has 2 atom stereocenters. The van der Waals surface area contributed by atoms with Gasteiger partial charge in [0.15, 0.2) is 11.5 Å². The van der Waals surface area contributed by atoms with Crippen LogP contribution >= 0.6 is 0 Å². The van der Waals surface area contributed by atoms with Crippen molar-refractivity contribution in [2.45, 2.75) is 25.9 Å². The molecule has 2 amide bonds. The van der Waals surface area contributed by atoms with E-state index in [0.29, 0.717) is 5.75 Å². The average molecular weight is 379 g/mol. The SMILES string of the molecule is CC(NC(=O)NC(C)c1ccc2c(c1)OCO2)c1ccc(-n2cncn2)cc1. The van der Waals surface area contributed by atoms with Crippen LogP contribution in [0.5, 0.6) is 11.5 Å². The molecule has 2 N–H and O–H groups in total. The van der Waals surface area contributed by atoms with Crippen molar-refractivity contribution in [2.24, 2.45) is 0 Å². The Morgan fingerprint density at radius 1 is 1.00 bits per heavy atom. The molecule has 0 fully saturated rings. The number of nitrogens with one attached hydrogen (secondary N) is 2. The second-order valence-corrected chi connectivity index (χ2v) is 6.61. The predicted octanol–water partition coefficient (Wildman–Crippen LogP) is 3.12. The number of rotatable bonds is 5. The van der Waals surface area contributed by atoms with E-state index in [9.17, 15) is 4.79 Å². The number of fused-ring (bicyclic) bond motifs is 1. The van der Waals surface area contributed by atoms with Crippen molar-refractivity contribution in [2.75, 3.05) is 6.79 Å².